The van der Waals surface area contributed by atoms with Crippen molar-refractivity contribution in [3.05, 3.63) is 64.3 Å². The second-order valence-electron chi connectivity index (χ2n) is 7.16. The summed E-state index contributed by atoms with van der Waals surface area (Å²) in [5.74, 6) is -0.127. The van der Waals surface area contributed by atoms with E-state index in [2.05, 4.69) is 21.2 Å². The van der Waals surface area contributed by atoms with Crippen LogP contribution in [0.15, 0.2) is 53.1 Å². The van der Waals surface area contributed by atoms with Gasteiger partial charge in [0.15, 0.2) is 0 Å². The molecule has 0 bridgehead atoms. The molecule has 2 aromatic carbocycles. The molecule has 0 saturated carbocycles. The summed E-state index contributed by atoms with van der Waals surface area (Å²) in [6.45, 7) is 1.13. The number of nitrogens with one attached hydrogen (secondary N) is 1. The van der Waals surface area contributed by atoms with Crippen molar-refractivity contribution in [2.24, 2.45) is 0 Å². The Hall–Kier alpha value is -2.90. The average Bonchev–Trinajstić information content (AvgIpc) is 3.18. The van der Waals surface area contributed by atoms with Crippen molar-refractivity contribution in [1.29, 1.82) is 0 Å². The van der Waals surface area contributed by atoms with E-state index in [0.717, 1.165) is 32.2 Å². The SMILES string of the molecule is COCCNC(=O)Cn1cc(C=C2C(=O)N(C)c3ccccc32)c2cc(Br)ccc21. The Morgan fingerprint density at radius 1 is 1.23 bits per heavy atom. The lowest BCUT2D eigenvalue weighted by Crippen LogP contribution is -2.30. The number of aromatic nitrogens is 1. The molecule has 2 heterocycles. The third-order valence-electron chi connectivity index (χ3n) is 5.21. The van der Waals surface area contributed by atoms with E-state index in [1.165, 1.54) is 0 Å². The molecule has 7 heteroatoms. The number of ether oxygens (including phenoxy) is 1. The fourth-order valence-electron chi connectivity index (χ4n) is 3.74. The minimum atomic E-state index is -0.0897. The molecule has 1 N–H and O–H groups in total. The molecule has 0 fully saturated rings. The molecular weight excluding hydrogens is 446 g/mol. The maximum Gasteiger partial charge on any atom is 0.258 e. The van der Waals surface area contributed by atoms with Gasteiger partial charge in [-0.05, 0) is 30.3 Å². The number of hydrogen-bond donors (Lipinski definition) is 1. The van der Waals surface area contributed by atoms with E-state index in [1.54, 1.807) is 19.1 Å². The van der Waals surface area contributed by atoms with E-state index in [9.17, 15) is 9.59 Å². The first kappa shape index (κ1) is 20.4. The van der Waals surface area contributed by atoms with E-state index in [1.807, 2.05) is 59.3 Å². The molecule has 1 aliphatic heterocycles. The fourth-order valence-corrected chi connectivity index (χ4v) is 4.10. The Morgan fingerprint density at radius 2 is 2.03 bits per heavy atom. The smallest absolute Gasteiger partial charge is 0.258 e. The van der Waals surface area contributed by atoms with Gasteiger partial charge in [0.1, 0.15) is 6.54 Å². The highest BCUT2D eigenvalue weighted by atomic mass is 79.9. The molecule has 3 aromatic rings. The Morgan fingerprint density at radius 3 is 2.83 bits per heavy atom. The highest BCUT2D eigenvalue weighted by molar-refractivity contribution is 9.10. The Balaban J connectivity index is 1.75. The number of nitrogens with zero attached hydrogens (tertiary/aromatic N) is 2. The number of rotatable bonds is 6. The minimum absolute atomic E-state index is 0.0376. The molecule has 0 spiro atoms. The van der Waals surface area contributed by atoms with Crippen molar-refractivity contribution in [2.75, 3.05) is 32.2 Å². The summed E-state index contributed by atoms with van der Waals surface area (Å²) in [5.41, 5.74) is 4.29. The number of fused-ring (bicyclic) bond motifs is 2. The number of methoxy groups -OCH3 is 1. The summed E-state index contributed by atoms with van der Waals surface area (Å²) in [4.78, 5) is 26.9. The number of anilines is 1. The number of carbonyl (C=O) groups is 2. The van der Waals surface area contributed by atoms with Gasteiger partial charge in [0.2, 0.25) is 5.91 Å². The second kappa shape index (κ2) is 8.45. The molecule has 1 aliphatic rings. The topological polar surface area (TPSA) is 63.6 Å². The van der Waals surface area contributed by atoms with Crippen molar-refractivity contribution < 1.29 is 14.3 Å². The first-order valence-corrected chi connectivity index (χ1v) is 10.4. The van der Waals surface area contributed by atoms with Crippen LogP contribution >= 0.6 is 15.9 Å². The molecule has 0 saturated heterocycles. The standard InChI is InChI=1S/C23H22BrN3O3/c1-26-20-6-4-3-5-17(20)19(23(26)29)11-15-13-27(14-22(28)25-9-10-30-2)21-8-7-16(24)12-18(15)21/h3-8,11-13H,9-10,14H2,1-2H3,(H,25,28). The van der Waals surface area contributed by atoms with Gasteiger partial charge in [0.05, 0.1) is 12.3 Å². The number of para-hydroxylation sites is 1. The summed E-state index contributed by atoms with van der Waals surface area (Å²) >= 11 is 3.53. The lowest BCUT2D eigenvalue weighted by molar-refractivity contribution is -0.121. The van der Waals surface area contributed by atoms with Gasteiger partial charge in [-0.3, -0.25) is 9.59 Å². The van der Waals surface area contributed by atoms with Gasteiger partial charge in [-0.1, -0.05) is 34.1 Å². The number of carbonyl (C=O) groups excluding carboxylic acids is 2. The molecule has 30 heavy (non-hydrogen) atoms. The molecule has 0 aliphatic carbocycles. The fraction of sp³-hybridized carbons (Fsp3) is 0.217. The van der Waals surface area contributed by atoms with Crippen LogP contribution in [0.5, 0.6) is 0 Å². The first-order chi connectivity index (χ1) is 14.5. The number of amides is 2. The number of likely N-dealkylation sites (N-methyl/N-ethyl adjacent to an activating group) is 1. The van der Waals surface area contributed by atoms with Crippen LogP contribution in [0.2, 0.25) is 0 Å². The predicted octanol–water partition coefficient (Wildman–Crippen LogP) is 3.68. The van der Waals surface area contributed by atoms with Gasteiger partial charge in [0.25, 0.3) is 5.91 Å². The minimum Gasteiger partial charge on any atom is -0.383 e. The molecule has 0 atom stereocenters. The van der Waals surface area contributed by atoms with Gasteiger partial charge in [-0.2, -0.15) is 0 Å². The first-order valence-electron chi connectivity index (χ1n) is 9.63. The molecular formula is C23H22BrN3O3. The quantitative estimate of drug-likeness (QED) is 0.444. The van der Waals surface area contributed by atoms with E-state index in [4.69, 9.17) is 4.74 Å². The van der Waals surface area contributed by atoms with E-state index in [0.29, 0.717) is 18.7 Å². The van der Waals surface area contributed by atoms with Crippen molar-refractivity contribution in [1.82, 2.24) is 9.88 Å². The molecule has 0 radical (unpaired) electrons. The predicted molar refractivity (Wildman–Crippen MR) is 122 cm³/mol. The summed E-state index contributed by atoms with van der Waals surface area (Å²) in [6.07, 6.45) is 3.84. The highest BCUT2D eigenvalue weighted by Crippen LogP contribution is 2.37. The summed E-state index contributed by atoms with van der Waals surface area (Å²) in [6, 6.07) is 13.7. The Bertz CT molecular complexity index is 1170. The zero-order valence-electron chi connectivity index (χ0n) is 16.8. The van der Waals surface area contributed by atoms with Crippen LogP contribution in [0.3, 0.4) is 0 Å². The number of halogens is 1. The van der Waals surface area contributed by atoms with Crippen LogP contribution in [0.25, 0.3) is 22.6 Å². The molecule has 6 nitrogen and oxygen atoms in total. The Kier molecular flexibility index (Phi) is 5.74. The van der Waals surface area contributed by atoms with E-state index >= 15 is 0 Å². The summed E-state index contributed by atoms with van der Waals surface area (Å²) < 4.78 is 7.83. The normalized spacial score (nSPS) is 14.6. The molecule has 2 amide bonds. The van der Waals surface area contributed by atoms with Crippen LogP contribution in [0.4, 0.5) is 5.69 Å². The third kappa shape index (κ3) is 3.78. The third-order valence-corrected chi connectivity index (χ3v) is 5.70. The lowest BCUT2D eigenvalue weighted by atomic mass is 10.0. The highest BCUT2D eigenvalue weighted by Gasteiger charge is 2.29. The van der Waals surface area contributed by atoms with Crippen molar-refractivity contribution >= 4 is 56.0 Å². The summed E-state index contributed by atoms with van der Waals surface area (Å²) in [7, 11) is 3.38. The lowest BCUT2D eigenvalue weighted by Gasteiger charge is -2.07. The van der Waals surface area contributed by atoms with Gasteiger partial charge < -0.3 is 19.5 Å². The van der Waals surface area contributed by atoms with Crippen molar-refractivity contribution in [2.45, 2.75) is 6.54 Å². The van der Waals surface area contributed by atoms with Crippen LogP contribution in [0.1, 0.15) is 11.1 Å². The van der Waals surface area contributed by atoms with E-state index in [-0.39, 0.29) is 18.4 Å². The van der Waals surface area contributed by atoms with Gasteiger partial charge in [-0.15, -0.1) is 0 Å². The van der Waals surface area contributed by atoms with Crippen LogP contribution in [-0.4, -0.2) is 43.7 Å². The maximum atomic E-state index is 12.9. The summed E-state index contributed by atoms with van der Waals surface area (Å²) in [5, 5.41) is 3.82. The molecule has 4 rings (SSSR count). The number of hydrogen-bond acceptors (Lipinski definition) is 3. The average molecular weight is 468 g/mol. The van der Waals surface area contributed by atoms with Gasteiger partial charge in [-0.25, -0.2) is 0 Å². The monoisotopic (exact) mass is 467 g/mol. The van der Waals surface area contributed by atoms with Crippen LogP contribution in [0, 0.1) is 0 Å². The molecule has 0 unspecified atom stereocenters. The molecule has 1 aromatic heterocycles. The molecule has 154 valence electrons. The van der Waals surface area contributed by atoms with E-state index < -0.39 is 0 Å². The van der Waals surface area contributed by atoms with Crippen LogP contribution < -0.4 is 10.2 Å². The van der Waals surface area contributed by atoms with Gasteiger partial charge in [0, 0.05) is 59.0 Å². The number of benzene rings is 2. The van der Waals surface area contributed by atoms with Crippen LogP contribution in [-0.2, 0) is 20.9 Å². The van der Waals surface area contributed by atoms with Gasteiger partial charge >= 0.3 is 0 Å². The maximum absolute atomic E-state index is 12.9. The second-order valence-corrected chi connectivity index (χ2v) is 8.07. The van der Waals surface area contributed by atoms with Crippen molar-refractivity contribution in [3.8, 4) is 0 Å². The van der Waals surface area contributed by atoms with Crippen molar-refractivity contribution in [3.63, 3.8) is 0 Å². The Labute approximate surface area is 183 Å². The zero-order valence-corrected chi connectivity index (χ0v) is 18.4. The largest absolute Gasteiger partial charge is 0.383 e. The zero-order chi connectivity index (χ0) is 21.3.